The summed E-state index contributed by atoms with van der Waals surface area (Å²) in [7, 11) is 0. The molecule has 19 heavy (non-hydrogen) atoms. The van der Waals surface area contributed by atoms with Crippen LogP contribution in [-0.4, -0.2) is 26.0 Å². The number of hydrogen-bond donors (Lipinski definition) is 3. The van der Waals surface area contributed by atoms with Crippen molar-refractivity contribution in [3.05, 3.63) is 48.2 Å². The lowest BCUT2D eigenvalue weighted by Crippen LogP contribution is -1.97. The van der Waals surface area contributed by atoms with E-state index in [0.717, 1.165) is 0 Å². The van der Waals surface area contributed by atoms with Crippen LogP contribution in [0, 0.1) is 0 Å². The fourth-order valence-electron chi connectivity index (χ4n) is 1.82. The Morgan fingerprint density at radius 2 is 2.11 bits per heavy atom. The number of fused-ring (bicyclic) bond motifs is 1. The highest BCUT2D eigenvalue weighted by atomic mass is 16.4. The summed E-state index contributed by atoms with van der Waals surface area (Å²) in [6.45, 7) is 0. The fraction of sp³-hybridized carbons (Fsp3) is 0. The van der Waals surface area contributed by atoms with E-state index < -0.39 is 5.97 Å². The topological polar surface area (TPSA) is 90.9 Å². The predicted molar refractivity (Wildman–Crippen MR) is 70.6 cm³/mol. The maximum Gasteiger partial charge on any atom is 0.337 e. The average molecular weight is 254 g/mol. The molecule has 3 rings (SSSR count). The maximum atomic E-state index is 11.1. The van der Waals surface area contributed by atoms with Crippen LogP contribution in [0.15, 0.2) is 42.6 Å². The Morgan fingerprint density at radius 1 is 1.21 bits per heavy atom. The minimum Gasteiger partial charge on any atom is -0.478 e. The van der Waals surface area contributed by atoms with E-state index in [2.05, 4.69) is 20.3 Å². The van der Waals surface area contributed by atoms with E-state index in [9.17, 15) is 4.79 Å². The molecular weight excluding hydrogens is 244 g/mol. The van der Waals surface area contributed by atoms with E-state index in [1.165, 1.54) is 6.07 Å². The summed E-state index contributed by atoms with van der Waals surface area (Å²) in [6, 6.07) is 10.4. The molecule has 0 saturated carbocycles. The molecule has 2 aromatic heterocycles. The third-order valence-corrected chi connectivity index (χ3v) is 2.65. The largest absolute Gasteiger partial charge is 0.478 e. The highest BCUT2D eigenvalue weighted by Crippen LogP contribution is 2.20. The monoisotopic (exact) mass is 254 g/mol. The highest BCUT2D eigenvalue weighted by Gasteiger charge is 2.12. The molecule has 3 aromatic rings. The lowest BCUT2D eigenvalue weighted by Gasteiger charge is -1.99. The number of anilines is 2. The molecule has 0 aliphatic carbocycles. The van der Waals surface area contributed by atoms with Crippen LogP contribution >= 0.6 is 0 Å². The van der Waals surface area contributed by atoms with E-state index >= 15 is 0 Å². The zero-order chi connectivity index (χ0) is 13.2. The number of pyridine rings is 1. The van der Waals surface area contributed by atoms with Crippen molar-refractivity contribution in [2.75, 3.05) is 5.32 Å². The maximum absolute atomic E-state index is 11.1. The first-order valence-electron chi connectivity index (χ1n) is 5.64. The van der Waals surface area contributed by atoms with Gasteiger partial charge in [-0.15, -0.1) is 0 Å². The average Bonchev–Trinajstić information content (AvgIpc) is 2.81. The molecule has 2 heterocycles. The Kier molecular flexibility index (Phi) is 2.60. The first-order valence-corrected chi connectivity index (χ1v) is 5.64. The van der Waals surface area contributed by atoms with E-state index in [1.807, 2.05) is 12.1 Å². The molecule has 1 aromatic carbocycles. The zero-order valence-electron chi connectivity index (χ0n) is 9.79. The minimum absolute atomic E-state index is 0.169. The van der Waals surface area contributed by atoms with Crippen LogP contribution in [0.25, 0.3) is 11.0 Å². The van der Waals surface area contributed by atoms with Crippen molar-refractivity contribution in [2.24, 2.45) is 0 Å². The summed E-state index contributed by atoms with van der Waals surface area (Å²) >= 11 is 0. The van der Waals surface area contributed by atoms with E-state index in [4.69, 9.17) is 5.11 Å². The zero-order valence-corrected chi connectivity index (χ0v) is 9.79. The molecular formula is C13H10N4O2. The summed E-state index contributed by atoms with van der Waals surface area (Å²) in [5, 5.41) is 12.1. The van der Waals surface area contributed by atoms with Gasteiger partial charge in [-0.05, 0) is 24.3 Å². The van der Waals surface area contributed by atoms with Crippen LogP contribution in [0.5, 0.6) is 0 Å². The van der Waals surface area contributed by atoms with E-state index in [-0.39, 0.29) is 5.56 Å². The second-order valence-electron chi connectivity index (χ2n) is 3.93. The minimum atomic E-state index is -0.999. The number of nitrogens with zero attached hydrogens (tertiary/aromatic N) is 2. The number of carbonyl (C=O) groups is 1. The molecule has 0 fully saturated rings. The second kappa shape index (κ2) is 4.41. The summed E-state index contributed by atoms with van der Waals surface area (Å²) in [6.07, 6.45) is 1.66. The van der Waals surface area contributed by atoms with Gasteiger partial charge in [-0.2, -0.15) is 0 Å². The molecule has 0 radical (unpaired) electrons. The number of para-hydroxylation sites is 1. The van der Waals surface area contributed by atoms with Gasteiger partial charge in [0.15, 0.2) is 0 Å². The van der Waals surface area contributed by atoms with Crippen molar-refractivity contribution in [3.8, 4) is 0 Å². The standard InChI is InChI=1S/C13H10N4O2/c18-12(19)8-4-3-5-9-11(8)17-13(15-9)16-10-6-1-2-7-14-10/h1-7H,(H,18,19)(H2,14,15,16,17). The summed E-state index contributed by atoms with van der Waals surface area (Å²) < 4.78 is 0. The van der Waals surface area contributed by atoms with Crippen molar-refractivity contribution in [2.45, 2.75) is 0 Å². The number of imidazole rings is 1. The molecule has 6 nitrogen and oxygen atoms in total. The quantitative estimate of drug-likeness (QED) is 0.667. The number of aromatic nitrogens is 3. The summed E-state index contributed by atoms with van der Waals surface area (Å²) in [4.78, 5) is 22.5. The Labute approximate surface area is 108 Å². The highest BCUT2D eigenvalue weighted by molar-refractivity contribution is 6.01. The van der Waals surface area contributed by atoms with Gasteiger partial charge < -0.3 is 15.4 Å². The van der Waals surface area contributed by atoms with Crippen molar-refractivity contribution in [1.82, 2.24) is 15.0 Å². The Hall–Kier alpha value is -2.89. The van der Waals surface area contributed by atoms with Crippen molar-refractivity contribution >= 4 is 28.8 Å². The van der Waals surface area contributed by atoms with Gasteiger partial charge in [0.25, 0.3) is 0 Å². The van der Waals surface area contributed by atoms with Gasteiger partial charge in [0.2, 0.25) is 5.95 Å². The molecule has 0 aliphatic rings. The molecule has 0 spiro atoms. The van der Waals surface area contributed by atoms with Crippen LogP contribution in [-0.2, 0) is 0 Å². The lowest BCUT2D eigenvalue weighted by molar-refractivity contribution is 0.0699. The van der Waals surface area contributed by atoms with E-state index in [1.54, 1.807) is 24.4 Å². The molecule has 6 heteroatoms. The van der Waals surface area contributed by atoms with Crippen LogP contribution in [0.3, 0.4) is 0 Å². The number of benzene rings is 1. The number of carboxylic acid groups (broad SMARTS) is 1. The number of rotatable bonds is 3. The number of H-pyrrole nitrogens is 1. The number of aromatic carboxylic acids is 1. The molecule has 0 atom stereocenters. The molecule has 0 amide bonds. The number of carboxylic acids is 1. The van der Waals surface area contributed by atoms with Gasteiger partial charge >= 0.3 is 5.97 Å². The van der Waals surface area contributed by atoms with Crippen LogP contribution in [0.2, 0.25) is 0 Å². The van der Waals surface area contributed by atoms with E-state index in [0.29, 0.717) is 22.8 Å². The molecule has 0 bridgehead atoms. The van der Waals surface area contributed by atoms with Crippen molar-refractivity contribution in [3.63, 3.8) is 0 Å². The second-order valence-corrected chi connectivity index (χ2v) is 3.93. The number of hydrogen-bond acceptors (Lipinski definition) is 4. The van der Waals surface area contributed by atoms with Gasteiger partial charge in [0.1, 0.15) is 11.3 Å². The fourth-order valence-corrected chi connectivity index (χ4v) is 1.82. The van der Waals surface area contributed by atoms with Gasteiger partial charge in [-0.25, -0.2) is 14.8 Å². The summed E-state index contributed by atoms with van der Waals surface area (Å²) in [5.41, 5.74) is 1.26. The lowest BCUT2D eigenvalue weighted by atomic mass is 10.2. The Balaban J connectivity index is 2.03. The summed E-state index contributed by atoms with van der Waals surface area (Å²) in [5.74, 6) is 0.0994. The first-order chi connectivity index (χ1) is 9.24. The third-order valence-electron chi connectivity index (χ3n) is 2.65. The number of nitrogens with one attached hydrogen (secondary N) is 2. The molecule has 94 valence electrons. The normalized spacial score (nSPS) is 10.5. The van der Waals surface area contributed by atoms with Gasteiger partial charge in [0, 0.05) is 6.20 Å². The van der Waals surface area contributed by atoms with Crippen molar-refractivity contribution < 1.29 is 9.90 Å². The first kappa shape index (κ1) is 11.2. The Bertz CT molecular complexity index is 737. The van der Waals surface area contributed by atoms with Crippen LogP contribution in [0.4, 0.5) is 11.8 Å². The van der Waals surface area contributed by atoms with Gasteiger partial charge in [0.05, 0.1) is 11.1 Å². The SMILES string of the molecule is O=C(O)c1cccc2[nH]c(Nc3ccccn3)nc12. The van der Waals surface area contributed by atoms with Gasteiger partial charge in [-0.1, -0.05) is 12.1 Å². The predicted octanol–water partition coefficient (Wildman–Crippen LogP) is 2.40. The molecule has 0 aliphatic heterocycles. The van der Waals surface area contributed by atoms with Crippen LogP contribution < -0.4 is 5.32 Å². The molecule has 0 unspecified atom stereocenters. The Morgan fingerprint density at radius 3 is 2.84 bits per heavy atom. The van der Waals surface area contributed by atoms with Gasteiger partial charge in [-0.3, -0.25) is 0 Å². The van der Waals surface area contributed by atoms with Crippen molar-refractivity contribution in [1.29, 1.82) is 0 Å². The smallest absolute Gasteiger partial charge is 0.337 e. The third kappa shape index (κ3) is 2.11. The molecule has 0 saturated heterocycles. The number of aromatic amines is 1. The van der Waals surface area contributed by atoms with Crippen LogP contribution in [0.1, 0.15) is 10.4 Å². The molecule has 3 N–H and O–H groups in total.